The van der Waals surface area contributed by atoms with E-state index >= 15 is 0 Å². The van der Waals surface area contributed by atoms with Gasteiger partial charge in [0.05, 0.1) is 0 Å². The molecule has 1 heterocycles. The van der Waals surface area contributed by atoms with Gasteiger partial charge in [-0.05, 0) is 22.0 Å². The van der Waals surface area contributed by atoms with Gasteiger partial charge in [-0.15, -0.1) is 23.4 Å². The number of thioether (sulfide) groups is 1. The molecule has 1 rings (SSSR count). The molecule has 0 N–H and O–H groups in total. The number of nitrogens with zero attached hydrogens (tertiary/aromatic N) is 1. The number of pyridine rings is 1. The Balaban J connectivity index is 2.62. The van der Waals surface area contributed by atoms with Gasteiger partial charge >= 0.3 is 0 Å². The highest BCUT2D eigenvalue weighted by molar-refractivity contribution is 9.10. The summed E-state index contributed by atoms with van der Waals surface area (Å²) in [6.07, 6.45) is 3.57. The van der Waals surface area contributed by atoms with Crippen molar-refractivity contribution in [3.63, 3.8) is 0 Å². The summed E-state index contributed by atoms with van der Waals surface area (Å²) in [7, 11) is 0. The van der Waals surface area contributed by atoms with Crippen LogP contribution in [0.2, 0.25) is 0 Å². The van der Waals surface area contributed by atoms with Crippen LogP contribution in [0.4, 0.5) is 0 Å². The molecule has 0 aliphatic rings. The highest BCUT2D eigenvalue weighted by Crippen LogP contribution is 2.25. The van der Waals surface area contributed by atoms with Crippen molar-refractivity contribution in [1.29, 1.82) is 0 Å². The lowest BCUT2D eigenvalue weighted by Crippen LogP contribution is -1.81. The molecule has 4 heteroatoms. The summed E-state index contributed by atoms with van der Waals surface area (Å²) in [5.74, 6) is 1.61. The van der Waals surface area contributed by atoms with Crippen molar-refractivity contribution in [3.05, 3.63) is 22.9 Å². The van der Waals surface area contributed by atoms with Crippen molar-refractivity contribution in [3.8, 4) is 0 Å². The van der Waals surface area contributed by atoms with Gasteiger partial charge in [0.2, 0.25) is 0 Å². The number of hydrogen-bond donors (Lipinski definition) is 0. The van der Waals surface area contributed by atoms with Gasteiger partial charge in [0.25, 0.3) is 0 Å². The summed E-state index contributed by atoms with van der Waals surface area (Å²) in [4.78, 5) is 5.15. The molecule has 0 aliphatic heterocycles. The molecule has 11 heavy (non-hydrogen) atoms. The van der Waals surface area contributed by atoms with E-state index in [4.69, 9.17) is 11.6 Å². The minimum Gasteiger partial charge on any atom is -0.263 e. The van der Waals surface area contributed by atoms with Gasteiger partial charge in [0.1, 0.15) is 0 Å². The number of hydrogen-bond acceptors (Lipinski definition) is 2. The van der Waals surface area contributed by atoms with Crippen LogP contribution in [0.15, 0.2) is 27.8 Å². The minimum absolute atomic E-state index is 0.680. The van der Waals surface area contributed by atoms with Gasteiger partial charge < -0.3 is 0 Å². The largest absolute Gasteiger partial charge is 0.263 e. The maximum atomic E-state index is 5.55. The first-order valence-electron chi connectivity index (χ1n) is 3.13. The smallest absolute Gasteiger partial charge is 0.0494 e. The van der Waals surface area contributed by atoms with Crippen LogP contribution in [-0.2, 0) is 0 Å². The van der Waals surface area contributed by atoms with Crippen molar-refractivity contribution in [1.82, 2.24) is 4.98 Å². The Morgan fingerprint density at radius 3 is 3.09 bits per heavy atom. The van der Waals surface area contributed by atoms with Crippen LogP contribution in [0.3, 0.4) is 0 Å². The topological polar surface area (TPSA) is 12.9 Å². The monoisotopic (exact) mass is 251 g/mol. The zero-order chi connectivity index (χ0) is 8.10. The van der Waals surface area contributed by atoms with Crippen molar-refractivity contribution in [2.45, 2.75) is 4.90 Å². The Labute approximate surface area is 83.7 Å². The molecule has 1 nitrogen and oxygen atoms in total. The lowest BCUT2D eigenvalue weighted by atomic mass is 10.5. The third-order valence-corrected chi connectivity index (χ3v) is 3.45. The molecule has 0 aliphatic carbocycles. The van der Waals surface area contributed by atoms with E-state index in [1.54, 1.807) is 24.2 Å². The first kappa shape index (κ1) is 9.36. The number of rotatable bonds is 3. The number of halogens is 2. The van der Waals surface area contributed by atoms with E-state index in [-0.39, 0.29) is 0 Å². The second-order valence-electron chi connectivity index (χ2n) is 1.84. The predicted molar refractivity (Wildman–Crippen MR) is 53.4 cm³/mol. The molecule has 0 spiro atoms. The highest BCUT2D eigenvalue weighted by atomic mass is 79.9. The van der Waals surface area contributed by atoms with E-state index < -0.39 is 0 Å². The number of aromatic nitrogens is 1. The first-order chi connectivity index (χ1) is 5.34. The molecular formula is C7H7BrClNS. The Hall–Kier alpha value is 0.270. The summed E-state index contributed by atoms with van der Waals surface area (Å²) in [5, 5.41) is 0. The molecule has 0 aromatic carbocycles. The molecule has 0 amide bonds. The van der Waals surface area contributed by atoms with Crippen LogP contribution < -0.4 is 0 Å². The fourth-order valence-corrected chi connectivity index (χ4v) is 2.10. The molecule has 0 unspecified atom stereocenters. The molecule has 0 saturated carbocycles. The zero-order valence-corrected chi connectivity index (χ0v) is 8.92. The average molecular weight is 253 g/mol. The van der Waals surface area contributed by atoms with Crippen molar-refractivity contribution >= 4 is 39.3 Å². The van der Waals surface area contributed by atoms with E-state index in [9.17, 15) is 0 Å². The molecule has 0 fully saturated rings. The summed E-state index contributed by atoms with van der Waals surface area (Å²) < 4.78 is 1.04. The normalized spacial score (nSPS) is 10.0. The molecule has 1 aromatic heterocycles. The Morgan fingerprint density at radius 1 is 1.64 bits per heavy atom. The van der Waals surface area contributed by atoms with Gasteiger partial charge in [-0.2, -0.15) is 0 Å². The quantitative estimate of drug-likeness (QED) is 0.605. The highest BCUT2D eigenvalue weighted by Gasteiger charge is 1.97. The third-order valence-electron chi connectivity index (χ3n) is 1.07. The number of alkyl halides is 1. The molecule has 0 bridgehead atoms. The van der Waals surface area contributed by atoms with Crippen LogP contribution >= 0.6 is 39.3 Å². The predicted octanol–water partition coefficient (Wildman–Crippen LogP) is 3.18. The second-order valence-corrected chi connectivity index (χ2v) is 4.21. The zero-order valence-electron chi connectivity index (χ0n) is 5.76. The van der Waals surface area contributed by atoms with Crippen LogP contribution in [0.1, 0.15) is 0 Å². The van der Waals surface area contributed by atoms with Crippen LogP contribution in [0.5, 0.6) is 0 Å². The van der Waals surface area contributed by atoms with Gasteiger partial charge in [0, 0.05) is 33.4 Å². The van der Waals surface area contributed by atoms with E-state index in [0.717, 1.165) is 10.2 Å². The van der Waals surface area contributed by atoms with Crippen molar-refractivity contribution in [2.24, 2.45) is 0 Å². The van der Waals surface area contributed by atoms with E-state index in [2.05, 4.69) is 20.9 Å². The fraction of sp³-hybridized carbons (Fsp3) is 0.286. The average Bonchev–Trinajstić information content (AvgIpc) is 2.03. The molecule has 0 saturated heterocycles. The SMILES string of the molecule is ClCCSc1ccncc1Br. The van der Waals surface area contributed by atoms with Gasteiger partial charge in [-0.3, -0.25) is 4.98 Å². The summed E-state index contributed by atoms with van der Waals surface area (Å²) in [6.45, 7) is 0. The van der Waals surface area contributed by atoms with Gasteiger partial charge in [-0.25, -0.2) is 0 Å². The maximum Gasteiger partial charge on any atom is 0.0494 e. The first-order valence-corrected chi connectivity index (χ1v) is 5.44. The third kappa shape index (κ3) is 3.01. The van der Waals surface area contributed by atoms with Crippen LogP contribution in [0.25, 0.3) is 0 Å². The second kappa shape index (κ2) is 5.01. The fourth-order valence-electron chi connectivity index (χ4n) is 0.628. The van der Waals surface area contributed by atoms with Crippen molar-refractivity contribution < 1.29 is 0 Å². The molecular weight excluding hydrogens is 246 g/mol. The van der Waals surface area contributed by atoms with Gasteiger partial charge in [-0.1, -0.05) is 0 Å². The van der Waals surface area contributed by atoms with Gasteiger partial charge in [0.15, 0.2) is 0 Å². The molecule has 60 valence electrons. The van der Waals surface area contributed by atoms with E-state index in [1.807, 2.05) is 6.07 Å². The van der Waals surface area contributed by atoms with Crippen molar-refractivity contribution in [2.75, 3.05) is 11.6 Å². The molecule has 1 aromatic rings. The summed E-state index contributed by atoms with van der Waals surface area (Å²) in [5.41, 5.74) is 0. The Bertz CT molecular complexity index is 231. The molecule has 0 radical (unpaired) electrons. The Kier molecular flexibility index (Phi) is 4.26. The summed E-state index contributed by atoms with van der Waals surface area (Å²) in [6, 6.07) is 1.97. The van der Waals surface area contributed by atoms with E-state index in [1.165, 1.54) is 4.90 Å². The standard InChI is InChI=1S/C7H7BrClNS/c8-6-5-10-3-1-7(6)11-4-2-9/h1,3,5H,2,4H2. The van der Waals surface area contributed by atoms with E-state index in [0.29, 0.717) is 5.88 Å². The van der Waals surface area contributed by atoms with Crippen LogP contribution in [-0.4, -0.2) is 16.6 Å². The minimum atomic E-state index is 0.680. The maximum absolute atomic E-state index is 5.55. The summed E-state index contributed by atoms with van der Waals surface area (Å²) >= 11 is 10.7. The Morgan fingerprint density at radius 2 is 2.45 bits per heavy atom. The molecule has 0 atom stereocenters. The lowest BCUT2D eigenvalue weighted by Gasteiger charge is -1.99. The van der Waals surface area contributed by atoms with Crippen LogP contribution in [0, 0.1) is 0 Å². The lowest BCUT2D eigenvalue weighted by molar-refractivity contribution is 1.23.